The summed E-state index contributed by atoms with van der Waals surface area (Å²) < 4.78 is 2.14. The van der Waals surface area contributed by atoms with Crippen LogP contribution in [0, 0.1) is 11.3 Å². The Morgan fingerprint density at radius 3 is 2.62 bits per heavy atom. The molecule has 1 aromatic carbocycles. The van der Waals surface area contributed by atoms with E-state index >= 15 is 0 Å². The molecule has 0 aliphatic heterocycles. The van der Waals surface area contributed by atoms with Crippen LogP contribution >= 0.6 is 0 Å². The fourth-order valence-electron chi connectivity index (χ4n) is 2.01. The van der Waals surface area contributed by atoms with Crippen molar-refractivity contribution in [1.29, 1.82) is 5.26 Å². The molecule has 0 aliphatic carbocycles. The number of aromatic nitrogens is 2. The first-order chi connectivity index (χ1) is 7.54. The van der Waals surface area contributed by atoms with Crippen molar-refractivity contribution in [2.75, 3.05) is 0 Å². The van der Waals surface area contributed by atoms with Crippen LogP contribution in [0.2, 0.25) is 0 Å². The van der Waals surface area contributed by atoms with Gasteiger partial charge in [-0.3, -0.25) is 0 Å². The third-order valence-electron chi connectivity index (χ3n) is 2.54. The van der Waals surface area contributed by atoms with Crippen molar-refractivity contribution in [1.82, 2.24) is 9.55 Å². The molecule has 0 bridgehead atoms. The second-order valence-corrected chi connectivity index (χ2v) is 4.86. The van der Waals surface area contributed by atoms with Crippen molar-refractivity contribution in [3.8, 4) is 6.07 Å². The number of benzene rings is 1. The molecule has 2 aromatic rings. The summed E-state index contributed by atoms with van der Waals surface area (Å²) in [6, 6.07) is 10.2. The van der Waals surface area contributed by atoms with Crippen LogP contribution < -0.4 is 0 Å². The highest BCUT2D eigenvalue weighted by molar-refractivity contribution is 5.76. The molecule has 0 N–H and O–H groups in total. The van der Waals surface area contributed by atoms with E-state index in [0.29, 0.717) is 6.42 Å². The topological polar surface area (TPSA) is 41.6 Å². The van der Waals surface area contributed by atoms with E-state index in [4.69, 9.17) is 5.26 Å². The normalized spacial score (nSPS) is 11.6. The van der Waals surface area contributed by atoms with Crippen LogP contribution in [-0.2, 0) is 12.0 Å². The van der Waals surface area contributed by atoms with Crippen molar-refractivity contribution in [2.24, 2.45) is 0 Å². The van der Waals surface area contributed by atoms with Gasteiger partial charge in [-0.25, -0.2) is 4.98 Å². The lowest BCUT2D eigenvalue weighted by atomic mass is 10.1. The van der Waals surface area contributed by atoms with Crippen molar-refractivity contribution >= 4 is 11.0 Å². The fraction of sp³-hybridized carbons (Fsp3) is 0.385. The van der Waals surface area contributed by atoms with E-state index < -0.39 is 0 Å². The Balaban J connectivity index is 2.76. The first-order valence-electron chi connectivity index (χ1n) is 5.38. The number of hydrogen-bond donors (Lipinski definition) is 0. The molecule has 3 nitrogen and oxygen atoms in total. The summed E-state index contributed by atoms with van der Waals surface area (Å²) in [6.07, 6.45) is 0.353. The van der Waals surface area contributed by atoms with E-state index in [1.165, 1.54) is 0 Å². The predicted octanol–water partition coefficient (Wildman–Crippen LogP) is 2.86. The number of imidazole rings is 1. The van der Waals surface area contributed by atoms with Crippen molar-refractivity contribution in [3.63, 3.8) is 0 Å². The summed E-state index contributed by atoms with van der Waals surface area (Å²) in [5.74, 6) is 0.844. The molecule has 0 amide bonds. The first-order valence-corrected chi connectivity index (χ1v) is 5.38. The monoisotopic (exact) mass is 213 g/mol. The summed E-state index contributed by atoms with van der Waals surface area (Å²) >= 11 is 0. The minimum absolute atomic E-state index is 0.0533. The van der Waals surface area contributed by atoms with Crippen LogP contribution in [-0.4, -0.2) is 9.55 Å². The Morgan fingerprint density at radius 1 is 1.31 bits per heavy atom. The molecule has 0 atom stereocenters. The predicted molar refractivity (Wildman–Crippen MR) is 64.0 cm³/mol. The quantitative estimate of drug-likeness (QED) is 0.731. The fourth-order valence-corrected chi connectivity index (χ4v) is 2.01. The minimum Gasteiger partial charge on any atom is -0.322 e. The second kappa shape index (κ2) is 3.64. The highest BCUT2D eigenvalue weighted by Gasteiger charge is 2.20. The van der Waals surface area contributed by atoms with Gasteiger partial charge >= 0.3 is 0 Å². The Kier molecular flexibility index (Phi) is 2.43. The van der Waals surface area contributed by atoms with Gasteiger partial charge in [0.1, 0.15) is 5.82 Å². The Morgan fingerprint density at radius 2 is 2.00 bits per heavy atom. The molecule has 0 saturated carbocycles. The maximum absolute atomic E-state index is 8.83. The zero-order chi connectivity index (χ0) is 11.8. The number of nitriles is 1. The summed E-state index contributed by atoms with van der Waals surface area (Å²) in [6.45, 7) is 6.38. The molecule has 3 heteroatoms. The lowest BCUT2D eigenvalue weighted by Gasteiger charge is -2.24. The van der Waals surface area contributed by atoms with Crippen LogP contribution in [0.1, 0.15) is 26.6 Å². The molecule has 2 rings (SSSR count). The van der Waals surface area contributed by atoms with E-state index in [-0.39, 0.29) is 5.54 Å². The van der Waals surface area contributed by atoms with Gasteiger partial charge in [0.2, 0.25) is 0 Å². The zero-order valence-corrected chi connectivity index (χ0v) is 9.86. The van der Waals surface area contributed by atoms with Gasteiger partial charge in [-0.1, -0.05) is 12.1 Å². The number of rotatable bonds is 1. The molecule has 0 radical (unpaired) electrons. The molecule has 1 heterocycles. The van der Waals surface area contributed by atoms with E-state index in [0.717, 1.165) is 16.9 Å². The van der Waals surface area contributed by atoms with Crippen molar-refractivity contribution < 1.29 is 0 Å². The second-order valence-electron chi connectivity index (χ2n) is 4.86. The van der Waals surface area contributed by atoms with Gasteiger partial charge in [0.25, 0.3) is 0 Å². The minimum atomic E-state index is -0.0533. The smallest absolute Gasteiger partial charge is 0.124 e. The molecule has 0 saturated heterocycles. The van der Waals surface area contributed by atoms with Gasteiger partial charge in [0.05, 0.1) is 23.5 Å². The molecule has 1 aromatic heterocycles. The van der Waals surface area contributed by atoms with Crippen LogP contribution in [0.4, 0.5) is 0 Å². The molecule has 0 spiro atoms. The highest BCUT2D eigenvalue weighted by atomic mass is 15.1. The Bertz CT molecular complexity index is 553. The van der Waals surface area contributed by atoms with E-state index in [2.05, 4.69) is 42.5 Å². The van der Waals surface area contributed by atoms with Crippen LogP contribution in [0.5, 0.6) is 0 Å². The summed E-state index contributed by atoms with van der Waals surface area (Å²) in [5, 5.41) is 8.83. The maximum atomic E-state index is 8.83. The molecular formula is C13H15N3. The van der Waals surface area contributed by atoms with Crippen LogP contribution in [0.3, 0.4) is 0 Å². The maximum Gasteiger partial charge on any atom is 0.124 e. The summed E-state index contributed by atoms with van der Waals surface area (Å²) in [7, 11) is 0. The molecular weight excluding hydrogens is 198 g/mol. The molecule has 0 aliphatic rings. The number of para-hydroxylation sites is 2. The first kappa shape index (κ1) is 10.7. The summed E-state index contributed by atoms with van der Waals surface area (Å²) in [4.78, 5) is 4.51. The van der Waals surface area contributed by atoms with E-state index in [1.807, 2.05) is 18.2 Å². The molecule has 16 heavy (non-hydrogen) atoms. The standard InChI is InChI=1S/C13H15N3/c1-13(2,3)16-11-7-5-4-6-10(11)15-12(16)8-9-14/h4-7H,8H2,1-3H3. The number of fused-ring (bicyclic) bond motifs is 1. The Labute approximate surface area is 95.3 Å². The zero-order valence-electron chi connectivity index (χ0n) is 9.86. The Hall–Kier alpha value is -1.82. The molecule has 0 unspecified atom stereocenters. The largest absolute Gasteiger partial charge is 0.322 e. The van der Waals surface area contributed by atoms with Gasteiger partial charge in [0, 0.05) is 5.54 Å². The van der Waals surface area contributed by atoms with Gasteiger partial charge in [0.15, 0.2) is 0 Å². The molecule has 82 valence electrons. The van der Waals surface area contributed by atoms with Crippen molar-refractivity contribution in [2.45, 2.75) is 32.7 Å². The van der Waals surface area contributed by atoms with Gasteiger partial charge < -0.3 is 4.57 Å². The van der Waals surface area contributed by atoms with Gasteiger partial charge in [-0.2, -0.15) is 5.26 Å². The van der Waals surface area contributed by atoms with Crippen LogP contribution in [0.15, 0.2) is 24.3 Å². The van der Waals surface area contributed by atoms with Gasteiger partial charge in [-0.15, -0.1) is 0 Å². The third kappa shape index (κ3) is 1.67. The highest BCUT2D eigenvalue weighted by Crippen LogP contribution is 2.25. The van der Waals surface area contributed by atoms with Crippen LogP contribution in [0.25, 0.3) is 11.0 Å². The lowest BCUT2D eigenvalue weighted by molar-refractivity contribution is 0.397. The van der Waals surface area contributed by atoms with Crippen molar-refractivity contribution in [3.05, 3.63) is 30.1 Å². The summed E-state index contributed by atoms with van der Waals surface area (Å²) in [5.41, 5.74) is 2.00. The van der Waals surface area contributed by atoms with E-state index in [1.54, 1.807) is 0 Å². The third-order valence-corrected chi connectivity index (χ3v) is 2.54. The van der Waals surface area contributed by atoms with Gasteiger partial charge in [-0.05, 0) is 32.9 Å². The van der Waals surface area contributed by atoms with E-state index in [9.17, 15) is 0 Å². The molecule has 0 fully saturated rings. The number of nitrogens with zero attached hydrogens (tertiary/aromatic N) is 3. The number of hydrogen-bond acceptors (Lipinski definition) is 2. The SMILES string of the molecule is CC(C)(C)n1c(CC#N)nc2ccccc21. The average molecular weight is 213 g/mol. The lowest BCUT2D eigenvalue weighted by Crippen LogP contribution is -2.23. The average Bonchev–Trinajstić information content (AvgIpc) is 2.55.